The Bertz CT molecular complexity index is 237. The zero-order valence-corrected chi connectivity index (χ0v) is 10.5. The van der Waals surface area contributed by atoms with Gasteiger partial charge in [0.15, 0.2) is 6.29 Å². The molecule has 2 rings (SSSR count). The van der Waals surface area contributed by atoms with Crippen LogP contribution >= 0.6 is 0 Å². The lowest BCUT2D eigenvalue weighted by Crippen LogP contribution is -2.45. The minimum Gasteiger partial charge on any atom is -0.349 e. The molecule has 0 aromatic rings. The van der Waals surface area contributed by atoms with E-state index in [0.717, 1.165) is 6.42 Å². The van der Waals surface area contributed by atoms with Gasteiger partial charge in [-0.15, -0.1) is 0 Å². The van der Waals surface area contributed by atoms with E-state index in [1.165, 1.54) is 32.1 Å². The van der Waals surface area contributed by atoms with Crippen LogP contribution in [0.1, 0.15) is 52.4 Å². The third-order valence-electron chi connectivity index (χ3n) is 3.74. The van der Waals surface area contributed by atoms with Crippen LogP contribution in [0.4, 0.5) is 0 Å². The van der Waals surface area contributed by atoms with Crippen LogP contribution in [0.5, 0.6) is 0 Å². The van der Waals surface area contributed by atoms with E-state index in [9.17, 15) is 0 Å². The van der Waals surface area contributed by atoms with Crippen LogP contribution in [-0.2, 0) is 9.47 Å². The van der Waals surface area contributed by atoms with Gasteiger partial charge in [-0.1, -0.05) is 31.9 Å². The molecule has 1 heterocycles. The summed E-state index contributed by atoms with van der Waals surface area (Å²) in [5.41, 5.74) is 0. The van der Waals surface area contributed by atoms with Gasteiger partial charge in [-0.25, -0.2) is 0 Å². The molecule has 0 aromatic carbocycles. The molecule has 0 radical (unpaired) electrons. The van der Waals surface area contributed by atoms with Crippen molar-refractivity contribution in [3.8, 4) is 0 Å². The first-order valence-corrected chi connectivity index (χ1v) is 6.79. The second kappa shape index (κ2) is 5.83. The maximum atomic E-state index is 6.00. The first kappa shape index (κ1) is 12.1. The van der Waals surface area contributed by atoms with Crippen LogP contribution in [0.2, 0.25) is 0 Å². The topological polar surface area (TPSA) is 18.5 Å². The highest BCUT2D eigenvalue weighted by Gasteiger charge is 2.36. The molecule has 16 heavy (non-hydrogen) atoms. The Kier molecular flexibility index (Phi) is 4.42. The lowest BCUT2D eigenvalue weighted by Gasteiger charge is -2.41. The van der Waals surface area contributed by atoms with Crippen LogP contribution in [0.3, 0.4) is 0 Å². The lowest BCUT2D eigenvalue weighted by molar-refractivity contribution is -0.257. The van der Waals surface area contributed by atoms with Crippen molar-refractivity contribution in [3.63, 3.8) is 0 Å². The van der Waals surface area contributed by atoms with Crippen molar-refractivity contribution in [2.24, 2.45) is 5.92 Å². The third kappa shape index (κ3) is 2.86. The van der Waals surface area contributed by atoms with Crippen molar-refractivity contribution in [2.45, 2.75) is 70.9 Å². The normalized spacial score (nSPS) is 38.4. The van der Waals surface area contributed by atoms with Crippen LogP contribution < -0.4 is 0 Å². The summed E-state index contributed by atoms with van der Waals surface area (Å²) in [6.45, 7) is 4.43. The van der Waals surface area contributed by atoms with Gasteiger partial charge in [-0.2, -0.15) is 0 Å². The smallest absolute Gasteiger partial charge is 0.158 e. The molecule has 1 saturated heterocycles. The molecule has 2 nitrogen and oxygen atoms in total. The van der Waals surface area contributed by atoms with E-state index in [1.54, 1.807) is 0 Å². The van der Waals surface area contributed by atoms with Crippen molar-refractivity contribution < 1.29 is 9.47 Å². The number of rotatable bonds is 4. The van der Waals surface area contributed by atoms with Gasteiger partial charge in [0.25, 0.3) is 0 Å². The monoisotopic (exact) mass is 224 g/mol. The van der Waals surface area contributed by atoms with E-state index in [4.69, 9.17) is 9.47 Å². The number of hydrogen-bond acceptors (Lipinski definition) is 2. The largest absolute Gasteiger partial charge is 0.349 e. The summed E-state index contributed by atoms with van der Waals surface area (Å²) in [7, 11) is 0. The van der Waals surface area contributed by atoms with E-state index >= 15 is 0 Å². The highest BCUT2D eigenvalue weighted by molar-refractivity contribution is 5.01. The molecule has 4 atom stereocenters. The van der Waals surface area contributed by atoms with Crippen LogP contribution in [0.25, 0.3) is 0 Å². The van der Waals surface area contributed by atoms with E-state index in [2.05, 4.69) is 26.0 Å². The molecule has 0 amide bonds. The van der Waals surface area contributed by atoms with Gasteiger partial charge in [0, 0.05) is 5.92 Å². The molecule has 92 valence electrons. The summed E-state index contributed by atoms with van der Waals surface area (Å²) in [5.74, 6) is 0.576. The van der Waals surface area contributed by atoms with Crippen molar-refractivity contribution >= 4 is 0 Å². The van der Waals surface area contributed by atoms with Crippen LogP contribution in [-0.4, -0.2) is 18.5 Å². The van der Waals surface area contributed by atoms with Crippen molar-refractivity contribution in [1.29, 1.82) is 0 Å². The third-order valence-corrected chi connectivity index (χ3v) is 3.74. The molecule has 1 aliphatic heterocycles. The summed E-state index contributed by atoms with van der Waals surface area (Å²) in [4.78, 5) is 0. The standard InChI is InChI=1S/C14H24O2/c1-3-4-5-10-14-15-11(2)12-8-6-7-9-13(12)16-14/h7,9,11-14H,3-6,8,10H2,1-2H3. The second-order valence-electron chi connectivity index (χ2n) is 5.04. The number of allylic oxidation sites excluding steroid dienone is 1. The summed E-state index contributed by atoms with van der Waals surface area (Å²) >= 11 is 0. The maximum absolute atomic E-state index is 6.00. The fourth-order valence-corrected chi connectivity index (χ4v) is 2.72. The highest BCUT2D eigenvalue weighted by atomic mass is 16.7. The molecule has 0 bridgehead atoms. The van der Waals surface area contributed by atoms with E-state index in [1.807, 2.05) is 0 Å². The van der Waals surface area contributed by atoms with Gasteiger partial charge < -0.3 is 9.47 Å². The average Bonchev–Trinajstić information content (AvgIpc) is 2.30. The van der Waals surface area contributed by atoms with E-state index in [0.29, 0.717) is 18.1 Å². The van der Waals surface area contributed by atoms with Gasteiger partial charge >= 0.3 is 0 Å². The number of hydrogen-bond donors (Lipinski definition) is 0. The summed E-state index contributed by atoms with van der Waals surface area (Å²) in [6, 6.07) is 0. The molecular formula is C14H24O2. The Morgan fingerprint density at radius 1 is 1.25 bits per heavy atom. The Balaban J connectivity index is 1.84. The first-order chi connectivity index (χ1) is 7.81. The zero-order chi connectivity index (χ0) is 11.4. The van der Waals surface area contributed by atoms with Gasteiger partial charge in [-0.05, 0) is 32.6 Å². The van der Waals surface area contributed by atoms with Crippen molar-refractivity contribution in [2.75, 3.05) is 0 Å². The van der Waals surface area contributed by atoms with Crippen molar-refractivity contribution in [3.05, 3.63) is 12.2 Å². The molecule has 0 aromatic heterocycles. The fourth-order valence-electron chi connectivity index (χ4n) is 2.72. The summed E-state index contributed by atoms with van der Waals surface area (Å²) in [6.07, 6.45) is 12.4. The SMILES string of the molecule is CCCCCC1OC(C)C2CCC=CC2O1. The molecule has 0 N–H and O–H groups in total. The Hall–Kier alpha value is -0.340. The molecule has 1 fully saturated rings. The molecular weight excluding hydrogens is 200 g/mol. The first-order valence-electron chi connectivity index (χ1n) is 6.79. The maximum Gasteiger partial charge on any atom is 0.158 e. The molecule has 2 aliphatic rings. The molecule has 1 aliphatic carbocycles. The number of fused-ring (bicyclic) bond motifs is 1. The highest BCUT2D eigenvalue weighted by Crippen LogP contribution is 2.33. The number of unbranched alkanes of at least 4 members (excludes halogenated alkanes) is 2. The summed E-state index contributed by atoms with van der Waals surface area (Å²) < 4.78 is 11.9. The summed E-state index contributed by atoms with van der Waals surface area (Å²) in [5, 5.41) is 0. The second-order valence-corrected chi connectivity index (χ2v) is 5.04. The Morgan fingerprint density at radius 3 is 2.94 bits per heavy atom. The van der Waals surface area contributed by atoms with Crippen molar-refractivity contribution in [1.82, 2.24) is 0 Å². The molecule has 0 saturated carbocycles. The number of ether oxygens (including phenoxy) is 2. The predicted octanol–water partition coefficient (Wildman–Crippen LogP) is 3.66. The van der Waals surface area contributed by atoms with Crippen LogP contribution in [0, 0.1) is 5.92 Å². The minimum atomic E-state index is 0.0329. The quantitative estimate of drug-likeness (QED) is 0.536. The average molecular weight is 224 g/mol. The minimum absolute atomic E-state index is 0.0329. The lowest BCUT2D eigenvalue weighted by atomic mass is 9.86. The van der Waals surface area contributed by atoms with E-state index in [-0.39, 0.29) is 6.29 Å². The molecule has 2 heteroatoms. The Labute approximate surface area is 99.0 Å². The van der Waals surface area contributed by atoms with Gasteiger partial charge in [-0.3, -0.25) is 0 Å². The molecule has 0 spiro atoms. The van der Waals surface area contributed by atoms with Gasteiger partial charge in [0.1, 0.15) is 0 Å². The fraction of sp³-hybridized carbons (Fsp3) is 0.857. The predicted molar refractivity (Wildman–Crippen MR) is 65.2 cm³/mol. The van der Waals surface area contributed by atoms with Gasteiger partial charge in [0.05, 0.1) is 12.2 Å². The van der Waals surface area contributed by atoms with Crippen LogP contribution in [0.15, 0.2) is 12.2 Å². The molecule has 4 unspecified atom stereocenters. The van der Waals surface area contributed by atoms with E-state index < -0.39 is 0 Å². The Morgan fingerprint density at radius 2 is 2.12 bits per heavy atom. The zero-order valence-electron chi connectivity index (χ0n) is 10.5. The van der Waals surface area contributed by atoms with Gasteiger partial charge in [0.2, 0.25) is 0 Å².